The Morgan fingerprint density at radius 3 is 2.60 bits per heavy atom. The summed E-state index contributed by atoms with van der Waals surface area (Å²) in [6.07, 6.45) is 1.14. The van der Waals surface area contributed by atoms with Crippen molar-refractivity contribution in [2.75, 3.05) is 13.4 Å². The molecule has 8 heteroatoms. The molecule has 0 saturated carbocycles. The third-order valence-electron chi connectivity index (χ3n) is 3.42. The first-order valence-electron chi connectivity index (χ1n) is 7.42. The van der Waals surface area contributed by atoms with Crippen molar-refractivity contribution >= 4 is 21.7 Å². The van der Waals surface area contributed by atoms with Crippen LogP contribution in [-0.4, -0.2) is 33.7 Å². The third kappa shape index (κ3) is 5.18. The van der Waals surface area contributed by atoms with Crippen molar-refractivity contribution in [3.63, 3.8) is 0 Å². The number of esters is 1. The van der Waals surface area contributed by atoms with Crippen LogP contribution in [0.4, 0.5) is 0 Å². The second kappa shape index (κ2) is 7.52. The SMILES string of the molecule is COC(=O)c1cc(CNC(=O)c2cccc(CS(C)(=O)=O)c2)oc1C. The fourth-order valence-corrected chi connectivity index (χ4v) is 3.10. The molecule has 0 spiro atoms. The molecule has 1 aromatic carbocycles. The Bertz CT molecular complexity index is 898. The van der Waals surface area contributed by atoms with E-state index in [0.29, 0.717) is 28.2 Å². The van der Waals surface area contributed by atoms with Crippen LogP contribution in [0.15, 0.2) is 34.7 Å². The number of methoxy groups -OCH3 is 1. The molecule has 0 bridgehead atoms. The highest BCUT2D eigenvalue weighted by Crippen LogP contribution is 2.16. The summed E-state index contributed by atoms with van der Waals surface area (Å²) in [5, 5.41) is 2.67. The third-order valence-corrected chi connectivity index (χ3v) is 4.27. The number of aryl methyl sites for hydroxylation is 1. The lowest BCUT2D eigenvalue weighted by Crippen LogP contribution is -2.22. The molecule has 0 aliphatic carbocycles. The minimum absolute atomic E-state index is 0.0902. The second-order valence-electron chi connectivity index (χ2n) is 5.63. The highest BCUT2D eigenvalue weighted by atomic mass is 32.2. The van der Waals surface area contributed by atoms with Gasteiger partial charge in [-0.25, -0.2) is 13.2 Å². The number of sulfone groups is 1. The number of carbonyl (C=O) groups excluding carboxylic acids is 2. The molecule has 7 nitrogen and oxygen atoms in total. The molecule has 0 radical (unpaired) electrons. The molecule has 0 unspecified atom stereocenters. The van der Waals surface area contributed by atoms with Crippen LogP contribution in [0.5, 0.6) is 0 Å². The predicted molar refractivity (Wildman–Crippen MR) is 90.9 cm³/mol. The summed E-state index contributed by atoms with van der Waals surface area (Å²) in [5.41, 5.74) is 1.19. The molecule has 2 aromatic rings. The van der Waals surface area contributed by atoms with Crippen LogP contribution in [-0.2, 0) is 26.9 Å². The van der Waals surface area contributed by atoms with E-state index in [1.165, 1.54) is 19.2 Å². The van der Waals surface area contributed by atoms with Crippen LogP contribution < -0.4 is 5.32 Å². The molecule has 1 amide bonds. The first kappa shape index (κ1) is 18.7. The number of hydrogen-bond donors (Lipinski definition) is 1. The summed E-state index contributed by atoms with van der Waals surface area (Å²) in [5.74, 6) is -0.185. The summed E-state index contributed by atoms with van der Waals surface area (Å²) >= 11 is 0. The van der Waals surface area contributed by atoms with Gasteiger partial charge in [0, 0.05) is 11.8 Å². The minimum atomic E-state index is -3.18. The van der Waals surface area contributed by atoms with Gasteiger partial charge < -0.3 is 14.5 Å². The van der Waals surface area contributed by atoms with Gasteiger partial charge in [0.15, 0.2) is 9.84 Å². The van der Waals surface area contributed by atoms with E-state index in [9.17, 15) is 18.0 Å². The van der Waals surface area contributed by atoms with Gasteiger partial charge in [-0.05, 0) is 30.7 Å². The zero-order chi connectivity index (χ0) is 18.6. The van der Waals surface area contributed by atoms with E-state index in [4.69, 9.17) is 4.42 Å². The Balaban J connectivity index is 2.06. The van der Waals surface area contributed by atoms with Gasteiger partial charge in [0.25, 0.3) is 5.91 Å². The molecular formula is C17H19NO6S. The van der Waals surface area contributed by atoms with Crippen LogP contribution >= 0.6 is 0 Å². The van der Waals surface area contributed by atoms with Crippen molar-refractivity contribution in [1.29, 1.82) is 0 Å². The first-order valence-corrected chi connectivity index (χ1v) is 9.48. The van der Waals surface area contributed by atoms with E-state index in [0.717, 1.165) is 6.26 Å². The summed E-state index contributed by atoms with van der Waals surface area (Å²) in [6.45, 7) is 1.72. The van der Waals surface area contributed by atoms with Gasteiger partial charge in [0.1, 0.15) is 17.1 Å². The number of benzene rings is 1. The monoisotopic (exact) mass is 365 g/mol. The van der Waals surface area contributed by atoms with E-state index in [2.05, 4.69) is 10.1 Å². The maximum absolute atomic E-state index is 12.2. The summed E-state index contributed by atoms with van der Waals surface area (Å²) in [7, 11) is -1.90. The Hall–Kier alpha value is -2.61. The molecule has 0 aliphatic heterocycles. The molecule has 1 N–H and O–H groups in total. The van der Waals surface area contributed by atoms with Crippen molar-refractivity contribution in [2.24, 2.45) is 0 Å². The van der Waals surface area contributed by atoms with Gasteiger partial charge in [0.2, 0.25) is 0 Å². The Labute approximate surface area is 145 Å². The fourth-order valence-electron chi connectivity index (χ4n) is 2.32. The lowest BCUT2D eigenvalue weighted by molar-refractivity contribution is 0.0598. The van der Waals surface area contributed by atoms with Gasteiger partial charge in [0.05, 0.1) is 19.4 Å². The van der Waals surface area contributed by atoms with Gasteiger partial charge in [-0.15, -0.1) is 0 Å². The van der Waals surface area contributed by atoms with Crippen molar-refractivity contribution in [3.05, 3.63) is 58.5 Å². The number of ether oxygens (including phenoxy) is 1. The van der Waals surface area contributed by atoms with E-state index in [1.807, 2.05) is 0 Å². The van der Waals surface area contributed by atoms with Crippen LogP contribution in [0.3, 0.4) is 0 Å². The van der Waals surface area contributed by atoms with Gasteiger partial charge in [-0.1, -0.05) is 12.1 Å². The molecular weight excluding hydrogens is 346 g/mol. The molecule has 0 atom stereocenters. The Kier molecular flexibility index (Phi) is 5.63. The number of hydrogen-bond acceptors (Lipinski definition) is 6. The zero-order valence-electron chi connectivity index (χ0n) is 14.2. The normalized spacial score (nSPS) is 11.2. The van der Waals surface area contributed by atoms with Gasteiger partial charge in [-0.3, -0.25) is 4.79 Å². The lowest BCUT2D eigenvalue weighted by Gasteiger charge is -2.05. The Morgan fingerprint density at radius 1 is 1.24 bits per heavy atom. The zero-order valence-corrected chi connectivity index (χ0v) is 15.0. The molecule has 1 heterocycles. The number of rotatable bonds is 6. The molecule has 0 saturated heterocycles. The predicted octanol–water partition coefficient (Wildman–Crippen LogP) is 1.85. The fraction of sp³-hybridized carbons (Fsp3) is 0.294. The lowest BCUT2D eigenvalue weighted by atomic mass is 10.1. The maximum Gasteiger partial charge on any atom is 0.341 e. The maximum atomic E-state index is 12.2. The van der Waals surface area contributed by atoms with Crippen molar-refractivity contribution in [3.8, 4) is 0 Å². The van der Waals surface area contributed by atoms with Crippen LogP contribution in [0.2, 0.25) is 0 Å². The minimum Gasteiger partial charge on any atom is -0.465 e. The van der Waals surface area contributed by atoms with Crippen molar-refractivity contribution in [2.45, 2.75) is 19.2 Å². The summed E-state index contributed by atoms with van der Waals surface area (Å²) in [6, 6.07) is 7.91. The molecule has 0 aliphatic rings. The molecule has 1 aromatic heterocycles. The van der Waals surface area contributed by atoms with Crippen LogP contribution in [0, 0.1) is 6.92 Å². The second-order valence-corrected chi connectivity index (χ2v) is 7.77. The summed E-state index contributed by atoms with van der Waals surface area (Å²) in [4.78, 5) is 23.8. The number of carbonyl (C=O) groups is 2. The topological polar surface area (TPSA) is 103 Å². The average Bonchev–Trinajstić information content (AvgIpc) is 2.91. The molecule has 25 heavy (non-hydrogen) atoms. The quantitative estimate of drug-likeness (QED) is 0.784. The summed E-state index contributed by atoms with van der Waals surface area (Å²) < 4.78 is 32.8. The molecule has 134 valence electrons. The van der Waals surface area contributed by atoms with E-state index in [1.54, 1.807) is 25.1 Å². The number of amides is 1. The van der Waals surface area contributed by atoms with Crippen molar-refractivity contribution < 1.29 is 27.2 Å². The van der Waals surface area contributed by atoms with Crippen molar-refractivity contribution in [1.82, 2.24) is 5.32 Å². The first-order chi connectivity index (χ1) is 11.7. The highest BCUT2D eigenvalue weighted by molar-refractivity contribution is 7.89. The number of furan rings is 1. The van der Waals surface area contributed by atoms with Gasteiger partial charge in [-0.2, -0.15) is 0 Å². The highest BCUT2D eigenvalue weighted by Gasteiger charge is 2.16. The van der Waals surface area contributed by atoms with E-state index < -0.39 is 15.8 Å². The smallest absolute Gasteiger partial charge is 0.341 e. The molecule has 2 rings (SSSR count). The van der Waals surface area contributed by atoms with Crippen LogP contribution in [0.25, 0.3) is 0 Å². The Morgan fingerprint density at radius 2 is 1.96 bits per heavy atom. The molecule has 0 fully saturated rings. The largest absolute Gasteiger partial charge is 0.465 e. The average molecular weight is 365 g/mol. The standard InChI is InChI=1S/C17H19NO6S/c1-11-15(17(20)23-2)8-14(24-11)9-18-16(19)13-6-4-5-12(7-13)10-25(3,21)22/h4-8H,9-10H2,1-3H3,(H,18,19). The van der Waals surface area contributed by atoms with Gasteiger partial charge >= 0.3 is 5.97 Å². The van der Waals surface area contributed by atoms with E-state index >= 15 is 0 Å². The van der Waals surface area contributed by atoms with E-state index in [-0.39, 0.29) is 18.2 Å². The number of nitrogens with one attached hydrogen (secondary N) is 1. The van der Waals surface area contributed by atoms with Crippen LogP contribution in [0.1, 0.15) is 37.8 Å².